The summed E-state index contributed by atoms with van der Waals surface area (Å²) in [5, 5.41) is 0. The minimum Gasteiger partial charge on any atom is -0.350 e. The fourth-order valence-electron chi connectivity index (χ4n) is 8.58. The molecule has 7 atom stereocenters. The molecule has 2 saturated heterocycles. The third-order valence-electron chi connectivity index (χ3n) is 9.55. The smallest absolute Gasteiger partial charge is 0.227 e. The lowest BCUT2D eigenvalue weighted by atomic mass is 9.51. The predicted molar refractivity (Wildman–Crippen MR) is 101 cm³/mol. The summed E-state index contributed by atoms with van der Waals surface area (Å²) in [6.07, 6.45) is 8.38. The molecule has 4 fully saturated rings. The van der Waals surface area contributed by atoms with Gasteiger partial charge in [-0.2, -0.15) is 0 Å². The summed E-state index contributed by atoms with van der Waals surface area (Å²) >= 11 is 0. The van der Waals surface area contributed by atoms with Gasteiger partial charge in [0.2, 0.25) is 5.79 Å². The van der Waals surface area contributed by atoms with Gasteiger partial charge >= 0.3 is 0 Å². The van der Waals surface area contributed by atoms with Crippen LogP contribution >= 0.6 is 0 Å². The molecular weight excluding hydrogens is 356 g/mol. The molecule has 0 aromatic rings. The average molecular weight is 389 g/mol. The first kappa shape index (κ1) is 18.1. The number of hydrogen-bond acceptors (Lipinski definition) is 5. The van der Waals surface area contributed by atoms with Crippen LogP contribution in [0.4, 0.5) is 0 Å². The first-order chi connectivity index (χ1) is 13.5. The van der Waals surface area contributed by atoms with Gasteiger partial charge in [-0.15, -0.1) is 0 Å². The largest absolute Gasteiger partial charge is 0.350 e. The standard InChI is InChI=1S/C23H32O5/c1-14-9-20-19-5-3-15-10-16(24)4-6-17(15)18(19)7-8-21(20,2)23(14)22(27-13-28-23)11-25-12-26-22/h14,18-20H,3-13H2,1-2H3/t14-,18-,19-,20+,21+,22?,23-/m1/s1. The quantitative estimate of drug-likeness (QED) is 0.588. The van der Waals surface area contributed by atoms with Crippen molar-refractivity contribution < 1.29 is 23.7 Å². The Morgan fingerprint density at radius 3 is 2.71 bits per heavy atom. The van der Waals surface area contributed by atoms with Crippen molar-refractivity contribution in [2.24, 2.45) is 29.1 Å². The molecule has 28 heavy (non-hydrogen) atoms. The topological polar surface area (TPSA) is 54.0 Å². The van der Waals surface area contributed by atoms with Gasteiger partial charge in [-0.25, -0.2) is 0 Å². The molecule has 2 heterocycles. The lowest BCUT2D eigenvalue weighted by Gasteiger charge is -2.56. The van der Waals surface area contributed by atoms with Crippen LogP contribution in [-0.2, 0) is 23.7 Å². The fraction of sp³-hybridized carbons (Fsp3) is 0.870. The van der Waals surface area contributed by atoms with Gasteiger partial charge in [0.05, 0.1) is 0 Å². The molecule has 2 aliphatic heterocycles. The van der Waals surface area contributed by atoms with E-state index in [9.17, 15) is 4.79 Å². The Hall–Kier alpha value is -0.750. The minimum atomic E-state index is -0.737. The van der Waals surface area contributed by atoms with E-state index in [1.54, 1.807) is 5.57 Å². The maximum atomic E-state index is 12.0. The summed E-state index contributed by atoms with van der Waals surface area (Å²) in [5.41, 5.74) is 2.78. The van der Waals surface area contributed by atoms with E-state index in [1.807, 2.05) is 0 Å². The Bertz CT molecular complexity index is 732. The van der Waals surface area contributed by atoms with Crippen molar-refractivity contribution in [3.05, 3.63) is 11.1 Å². The van der Waals surface area contributed by atoms with E-state index in [0.29, 0.717) is 49.6 Å². The number of hydrogen-bond donors (Lipinski definition) is 0. The Labute approximate surface area is 167 Å². The first-order valence-electron chi connectivity index (χ1n) is 11.2. The number of ketones is 1. The normalized spacial score (nSPS) is 53.0. The lowest BCUT2D eigenvalue weighted by Crippen LogP contribution is -2.65. The van der Waals surface area contributed by atoms with Crippen LogP contribution in [0, 0.1) is 29.1 Å². The molecule has 154 valence electrons. The predicted octanol–water partition coefficient (Wildman–Crippen LogP) is 3.96. The molecule has 5 nitrogen and oxygen atoms in total. The Balaban J connectivity index is 1.39. The van der Waals surface area contributed by atoms with Gasteiger partial charge in [-0.1, -0.05) is 25.0 Å². The van der Waals surface area contributed by atoms with Gasteiger partial charge in [0, 0.05) is 18.3 Å². The van der Waals surface area contributed by atoms with Crippen molar-refractivity contribution in [3.8, 4) is 0 Å². The highest BCUT2D eigenvalue weighted by Gasteiger charge is 2.77. The molecular formula is C23H32O5. The highest BCUT2D eigenvalue weighted by atomic mass is 16.9. The number of rotatable bonds is 0. The van der Waals surface area contributed by atoms with Crippen LogP contribution in [0.3, 0.4) is 0 Å². The van der Waals surface area contributed by atoms with Crippen LogP contribution in [0.25, 0.3) is 0 Å². The van der Waals surface area contributed by atoms with Crippen LogP contribution in [0.15, 0.2) is 11.1 Å². The Kier molecular flexibility index (Phi) is 3.81. The summed E-state index contributed by atoms with van der Waals surface area (Å²) in [6.45, 7) is 5.87. The van der Waals surface area contributed by atoms with Crippen LogP contribution in [-0.4, -0.2) is 37.4 Å². The van der Waals surface area contributed by atoms with E-state index in [-0.39, 0.29) is 5.41 Å². The highest BCUT2D eigenvalue weighted by Crippen LogP contribution is 2.71. The zero-order chi connectivity index (χ0) is 19.1. The average Bonchev–Trinajstić information content (AvgIpc) is 3.37. The zero-order valence-electron chi connectivity index (χ0n) is 17.1. The van der Waals surface area contributed by atoms with Gasteiger partial charge in [0.1, 0.15) is 18.0 Å². The number of carbonyl (C=O) groups is 1. The molecule has 0 amide bonds. The third kappa shape index (κ3) is 2.00. The Morgan fingerprint density at radius 1 is 1.04 bits per heavy atom. The van der Waals surface area contributed by atoms with Crippen LogP contribution in [0.5, 0.6) is 0 Å². The maximum absolute atomic E-state index is 12.0. The van der Waals surface area contributed by atoms with Crippen molar-refractivity contribution in [2.45, 2.75) is 76.6 Å². The van der Waals surface area contributed by atoms with Crippen LogP contribution < -0.4 is 0 Å². The zero-order valence-corrected chi connectivity index (χ0v) is 17.1. The summed E-state index contributed by atoms with van der Waals surface area (Å²) in [7, 11) is 0. The molecule has 0 aromatic carbocycles. The number of carbonyl (C=O) groups excluding carboxylic acids is 1. The molecule has 6 aliphatic rings. The minimum absolute atomic E-state index is 0.0420. The second-order valence-electron chi connectivity index (χ2n) is 10.4. The highest BCUT2D eigenvalue weighted by molar-refractivity contribution is 5.82. The van der Waals surface area contributed by atoms with Crippen LogP contribution in [0.1, 0.15) is 65.2 Å². The SMILES string of the molecule is C[C@@H]1C[C@H]2[C@@H]3CCC4=C(CCC(=O)C4)[C@H]3CC[C@]2(C)[C@]12OCOC21COCO1. The van der Waals surface area contributed by atoms with Crippen molar-refractivity contribution in [1.29, 1.82) is 0 Å². The monoisotopic (exact) mass is 388 g/mol. The molecule has 2 spiro atoms. The van der Waals surface area contributed by atoms with Gasteiger partial charge in [-0.3, -0.25) is 4.79 Å². The summed E-state index contributed by atoms with van der Waals surface area (Å²) < 4.78 is 24.5. The van der Waals surface area contributed by atoms with E-state index in [0.717, 1.165) is 32.1 Å². The van der Waals surface area contributed by atoms with E-state index in [4.69, 9.17) is 18.9 Å². The summed E-state index contributed by atoms with van der Waals surface area (Å²) in [5.74, 6) is 2.10. The van der Waals surface area contributed by atoms with Gasteiger partial charge in [0.15, 0.2) is 13.6 Å². The molecule has 5 heteroatoms. The van der Waals surface area contributed by atoms with Crippen molar-refractivity contribution in [1.82, 2.24) is 0 Å². The van der Waals surface area contributed by atoms with Crippen molar-refractivity contribution in [2.75, 3.05) is 20.2 Å². The molecule has 6 rings (SSSR count). The van der Waals surface area contributed by atoms with E-state index in [2.05, 4.69) is 13.8 Å². The molecule has 0 bridgehead atoms. The second-order valence-corrected chi connectivity index (χ2v) is 10.4. The van der Waals surface area contributed by atoms with E-state index < -0.39 is 11.4 Å². The molecule has 0 aromatic heterocycles. The summed E-state index contributed by atoms with van der Waals surface area (Å²) in [6, 6.07) is 0. The fourth-order valence-corrected chi connectivity index (χ4v) is 8.58. The Morgan fingerprint density at radius 2 is 1.89 bits per heavy atom. The molecule has 0 radical (unpaired) electrons. The van der Waals surface area contributed by atoms with Gasteiger partial charge in [0.25, 0.3) is 0 Å². The molecule has 2 saturated carbocycles. The van der Waals surface area contributed by atoms with Crippen molar-refractivity contribution >= 4 is 5.78 Å². The molecule has 1 unspecified atom stereocenters. The molecule has 4 aliphatic carbocycles. The van der Waals surface area contributed by atoms with E-state index >= 15 is 0 Å². The number of Topliss-reactive ketones (excluding diaryl/α,β-unsaturated/α-hetero) is 1. The van der Waals surface area contributed by atoms with Gasteiger partial charge in [-0.05, 0) is 62.2 Å². The van der Waals surface area contributed by atoms with Crippen LogP contribution in [0.2, 0.25) is 0 Å². The van der Waals surface area contributed by atoms with Crippen molar-refractivity contribution in [3.63, 3.8) is 0 Å². The second kappa shape index (κ2) is 5.90. The third-order valence-corrected chi connectivity index (χ3v) is 9.55. The maximum Gasteiger partial charge on any atom is 0.227 e. The number of fused-ring (bicyclic) bond motifs is 6. The summed E-state index contributed by atoms with van der Waals surface area (Å²) in [4.78, 5) is 12.0. The number of ether oxygens (including phenoxy) is 4. The number of allylic oxidation sites excluding steroid dienone is 2. The first-order valence-corrected chi connectivity index (χ1v) is 11.2. The lowest BCUT2D eigenvalue weighted by molar-refractivity contribution is -0.257. The molecule has 0 N–H and O–H groups in total. The van der Waals surface area contributed by atoms with E-state index in [1.165, 1.54) is 24.8 Å². The van der Waals surface area contributed by atoms with Gasteiger partial charge < -0.3 is 18.9 Å².